The zero-order valence-corrected chi connectivity index (χ0v) is 12.5. The van der Waals surface area contributed by atoms with Gasteiger partial charge in [0, 0.05) is 17.9 Å². The van der Waals surface area contributed by atoms with Crippen LogP contribution in [0.1, 0.15) is 17.2 Å². The first kappa shape index (κ1) is 13.1. The second-order valence-corrected chi connectivity index (χ2v) is 6.21. The molecule has 0 spiro atoms. The van der Waals surface area contributed by atoms with Crippen LogP contribution in [0.4, 0.5) is 0 Å². The van der Waals surface area contributed by atoms with Crippen LogP contribution in [-0.2, 0) is 6.42 Å². The molecule has 0 bridgehead atoms. The molecule has 3 nitrogen and oxygen atoms in total. The molecule has 1 saturated heterocycles. The van der Waals surface area contributed by atoms with Gasteiger partial charge in [0.25, 0.3) is 0 Å². The molecular weight excluding hydrogens is 262 g/mol. The largest absolute Gasteiger partial charge is 0.493 e. The number of hydrogen-bond acceptors (Lipinski definition) is 2. The van der Waals surface area contributed by atoms with Gasteiger partial charge in [-0.3, -0.25) is 0 Å². The number of rotatable bonds is 3. The third-order valence-corrected chi connectivity index (χ3v) is 5.22. The molecule has 3 rings (SSSR count). The summed E-state index contributed by atoms with van der Waals surface area (Å²) in [6.07, 6.45) is 1.11. The number of ether oxygens (including phenoxy) is 2. The molecule has 104 valence electrons. The van der Waals surface area contributed by atoms with Gasteiger partial charge < -0.3 is 14.0 Å². The summed E-state index contributed by atoms with van der Waals surface area (Å²) >= 11 is 6.12. The van der Waals surface area contributed by atoms with E-state index in [1.165, 1.54) is 24.2 Å². The number of alkyl halides is 1. The molecular formula is C15H21ClNO2+. The first-order chi connectivity index (χ1) is 9.12. The first-order valence-corrected chi connectivity index (χ1v) is 7.31. The average Bonchev–Trinajstić information content (AvgIpc) is 2.41. The van der Waals surface area contributed by atoms with Gasteiger partial charge in [-0.25, -0.2) is 0 Å². The Hall–Kier alpha value is -0.930. The Morgan fingerprint density at radius 2 is 1.95 bits per heavy atom. The van der Waals surface area contributed by atoms with E-state index in [1.807, 2.05) is 0 Å². The monoisotopic (exact) mass is 282 g/mol. The van der Waals surface area contributed by atoms with Gasteiger partial charge in [0.2, 0.25) is 0 Å². The molecule has 2 aliphatic heterocycles. The first-order valence-electron chi connectivity index (χ1n) is 6.78. The van der Waals surface area contributed by atoms with Crippen molar-refractivity contribution in [3.8, 4) is 11.5 Å². The number of quaternary nitrogens is 1. The molecule has 1 aromatic carbocycles. The lowest BCUT2D eigenvalue weighted by molar-refractivity contribution is -0.991. The van der Waals surface area contributed by atoms with Crippen LogP contribution in [0, 0.1) is 5.92 Å². The lowest BCUT2D eigenvalue weighted by Gasteiger charge is -2.57. The van der Waals surface area contributed by atoms with Gasteiger partial charge in [-0.1, -0.05) is 0 Å². The summed E-state index contributed by atoms with van der Waals surface area (Å²) in [5, 5.41) is 0. The molecule has 1 unspecified atom stereocenters. The maximum absolute atomic E-state index is 6.12. The molecule has 1 aromatic rings. The van der Waals surface area contributed by atoms with E-state index in [-0.39, 0.29) is 0 Å². The highest BCUT2D eigenvalue weighted by Gasteiger charge is 2.54. The highest BCUT2D eigenvalue weighted by molar-refractivity contribution is 6.18. The van der Waals surface area contributed by atoms with Gasteiger partial charge in [0.15, 0.2) is 11.5 Å². The number of likely N-dealkylation sites (N-methyl/N-ethyl adjacent to an activating group) is 1. The van der Waals surface area contributed by atoms with Crippen molar-refractivity contribution >= 4 is 11.6 Å². The summed E-state index contributed by atoms with van der Waals surface area (Å²) in [4.78, 5) is 0. The van der Waals surface area contributed by atoms with Crippen molar-refractivity contribution < 1.29 is 14.0 Å². The fourth-order valence-corrected chi connectivity index (χ4v) is 4.14. The van der Waals surface area contributed by atoms with Crippen LogP contribution < -0.4 is 9.47 Å². The molecule has 2 heterocycles. The number of hydrogen-bond donors (Lipinski definition) is 0. The zero-order valence-electron chi connectivity index (χ0n) is 11.8. The molecule has 0 aromatic heterocycles. The molecule has 4 heteroatoms. The van der Waals surface area contributed by atoms with Gasteiger partial charge >= 0.3 is 0 Å². The zero-order chi connectivity index (χ0) is 13.6. The van der Waals surface area contributed by atoms with E-state index in [2.05, 4.69) is 19.2 Å². The highest BCUT2D eigenvalue weighted by atomic mass is 35.5. The molecule has 19 heavy (non-hydrogen) atoms. The third-order valence-electron chi connectivity index (χ3n) is 4.82. The van der Waals surface area contributed by atoms with Crippen LogP contribution in [0.3, 0.4) is 0 Å². The Kier molecular flexibility index (Phi) is 3.14. The smallest absolute Gasteiger partial charge is 0.161 e. The van der Waals surface area contributed by atoms with E-state index in [0.29, 0.717) is 12.0 Å². The molecule has 0 saturated carbocycles. The van der Waals surface area contributed by atoms with Gasteiger partial charge in [0.1, 0.15) is 6.04 Å². The fraction of sp³-hybridized carbons (Fsp3) is 0.600. The third kappa shape index (κ3) is 1.83. The van der Waals surface area contributed by atoms with Gasteiger partial charge in [-0.15, -0.1) is 11.6 Å². The molecule has 0 amide bonds. The average molecular weight is 283 g/mol. The van der Waals surface area contributed by atoms with Gasteiger partial charge in [-0.05, 0) is 17.7 Å². The maximum Gasteiger partial charge on any atom is 0.161 e. The Labute approximate surface area is 119 Å². The number of halogens is 1. The van der Waals surface area contributed by atoms with Gasteiger partial charge in [-0.2, -0.15) is 0 Å². The molecule has 0 aliphatic carbocycles. The summed E-state index contributed by atoms with van der Waals surface area (Å²) in [6.45, 7) is 2.39. The standard InChI is InChI=1S/C15H21ClNO2/c1-17-5-4-10-6-13(18-2)14(19-3)7-12(10)15(17)11(8-16)9-17/h6-7,11,15H,4-5,8-9H2,1-3H3/q+1/t11-,15-,17?/m1/s1. The Morgan fingerprint density at radius 3 is 2.58 bits per heavy atom. The minimum absolute atomic E-state index is 0.529. The lowest BCUT2D eigenvalue weighted by Crippen LogP contribution is -2.65. The van der Waals surface area contributed by atoms with E-state index < -0.39 is 0 Å². The van der Waals surface area contributed by atoms with E-state index in [1.54, 1.807) is 14.2 Å². The van der Waals surface area contributed by atoms with E-state index >= 15 is 0 Å². The molecule has 0 radical (unpaired) electrons. The number of nitrogens with zero attached hydrogens (tertiary/aromatic N) is 1. The Balaban J connectivity index is 2.06. The SMILES string of the molecule is COc1cc2c(cc1OC)[C@H]1[C@H](CCl)C[N+]1(C)CC2. The van der Waals surface area contributed by atoms with Crippen LogP contribution >= 0.6 is 11.6 Å². The van der Waals surface area contributed by atoms with Crippen LogP contribution in [-0.4, -0.2) is 44.7 Å². The summed E-state index contributed by atoms with van der Waals surface area (Å²) in [5.41, 5.74) is 2.80. The molecule has 0 N–H and O–H groups in total. The van der Waals surface area contributed by atoms with Crippen molar-refractivity contribution in [2.24, 2.45) is 5.92 Å². The van der Waals surface area contributed by atoms with Crippen LogP contribution in [0.5, 0.6) is 11.5 Å². The maximum atomic E-state index is 6.12. The van der Waals surface area contributed by atoms with Crippen molar-refractivity contribution in [3.05, 3.63) is 23.3 Å². The van der Waals surface area contributed by atoms with Crippen LogP contribution in [0.25, 0.3) is 0 Å². The fourth-order valence-electron chi connectivity index (χ4n) is 3.88. The predicted molar refractivity (Wildman–Crippen MR) is 76.1 cm³/mol. The highest BCUT2D eigenvalue weighted by Crippen LogP contribution is 2.51. The van der Waals surface area contributed by atoms with Gasteiger partial charge in [0.05, 0.1) is 40.3 Å². The molecule has 2 aliphatic rings. The number of methoxy groups -OCH3 is 2. The van der Waals surface area contributed by atoms with Crippen LogP contribution in [0.2, 0.25) is 0 Å². The molecule has 3 atom stereocenters. The second-order valence-electron chi connectivity index (χ2n) is 5.90. The minimum Gasteiger partial charge on any atom is -0.493 e. The predicted octanol–water partition coefficient (Wildman–Crippen LogP) is 2.62. The normalized spacial score (nSPS) is 32.0. The van der Waals surface area contributed by atoms with Crippen molar-refractivity contribution in [1.29, 1.82) is 0 Å². The van der Waals surface area contributed by atoms with Crippen LogP contribution in [0.15, 0.2) is 12.1 Å². The Morgan fingerprint density at radius 1 is 1.26 bits per heavy atom. The number of benzene rings is 1. The summed E-state index contributed by atoms with van der Waals surface area (Å²) in [5.74, 6) is 2.99. The van der Waals surface area contributed by atoms with E-state index in [0.717, 1.165) is 28.3 Å². The summed E-state index contributed by atoms with van der Waals surface area (Å²) in [7, 11) is 5.73. The van der Waals surface area contributed by atoms with E-state index in [9.17, 15) is 0 Å². The Bertz CT molecular complexity index is 505. The van der Waals surface area contributed by atoms with Crippen molar-refractivity contribution in [1.82, 2.24) is 0 Å². The van der Waals surface area contributed by atoms with Crippen molar-refractivity contribution in [3.63, 3.8) is 0 Å². The lowest BCUT2D eigenvalue weighted by atomic mass is 9.76. The van der Waals surface area contributed by atoms with Crippen molar-refractivity contribution in [2.75, 3.05) is 40.2 Å². The molecule has 1 fully saturated rings. The summed E-state index contributed by atoms with van der Waals surface area (Å²) in [6, 6.07) is 4.83. The van der Waals surface area contributed by atoms with E-state index in [4.69, 9.17) is 21.1 Å². The quantitative estimate of drug-likeness (QED) is 0.627. The number of fused-ring (bicyclic) bond motifs is 3. The minimum atomic E-state index is 0.529. The summed E-state index contributed by atoms with van der Waals surface area (Å²) < 4.78 is 12.0. The second kappa shape index (κ2) is 4.57. The van der Waals surface area contributed by atoms with Crippen molar-refractivity contribution in [2.45, 2.75) is 12.5 Å². The topological polar surface area (TPSA) is 18.5 Å².